The summed E-state index contributed by atoms with van der Waals surface area (Å²) in [5.74, 6) is 2.66. The second-order valence-electron chi connectivity index (χ2n) is 4.08. The first-order valence-corrected chi connectivity index (χ1v) is 5.98. The van der Waals surface area contributed by atoms with Gasteiger partial charge in [-0.1, -0.05) is 24.3 Å². The van der Waals surface area contributed by atoms with Gasteiger partial charge in [0.2, 0.25) is 5.91 Å². The molecule has 0 spiro atoms. The van der Waals surface area contributed by atoms with Crippen LogP contribution >= 0.6 is 0 Å². The van der Waals surface area contributed by atoms with Crippen LogP contribution in [0.25, 0.3) is 0 Å². The molecule has 1 N–H and O–H groups in total. The van der Waals surface area contributed by atoms with Crippen molar-refractivity contribution in [1.82, 2.24) is 5.32 Å². The number of hydrogen-bond acceptors (Lipinski definition) is 1. The summed E-state index contributed by atoms with van der Waals surface area (Å²) in [6, 6.07) is 8.16. The van der Waals surface area contributed by atoms with Gasteiger partial charge in [0.1, 0.15) is 0 Å². The van der Waals surface area contributed by atoms with Crippen LogP contribution < -0.4 is 5.32 Å². The maximum Gasteiger partial charge on any atom is 0.220 e. The fourth-order valence-electron chi connectivity index (χ4n) is 1.65. The first-order valence-electron chi connectivity index (χ1n) is 5.98. The molecule has 0 heterocycles. The van der Waals surface area contributed by atoms with Crippen molar-refractivity contribution in [3.05, 3.63) is 35.4 Å². The summed E-state index contributed by atoms with van der Waals surface area (Å²) in [6.45, 7) is 2.75. The van der Waals surface area contributed by atoms with Crippen molar-refractivity contribution in [2.45, 2.75) is 32.6 Å². The lowest BCUT2D eigenvalue weighted by Crippen LogP contribution is -2.24. The van der Waals surface area contributed by atoms with E-state index in [4.69, 9.17) is 6.42 Å². The second-order valence-corrected chi connectivity index (χ2v) is 4.08. The Hall–Kier alpha value is -1.75. The lowest BCUT2D eigenvalue weighted by molar-refractivity contribution is -0.121. The molecule has 0 unspecified atom stereocenters. The number of unbranched alkanes of at least 4 members (excludes halogenated alkanes) is 1. The first-order chi connectivity index (χ1) is 8.24. The third-order valence-electron chi connectivity index (χ3n) is 2.70. The molecule has 0 saturated heterocycles. The summed E-state index contributed by atoms with van der Waals surface area (Å²) in [5.41, 5.74) is 2.49. The molecular formula is C15H19NO. The molecule has 0 aliphatic carbocycles. The van der Waals surface area contributed by atoms with Gasteiger partial charge >= 0.3 is 0 Å². The molecule has 1 aromatic carbocycles. The van der Waals surface area contributed by atoms with Gasteiger partial charge in [-0.25, -0.2) is 0 Å². The lowest BCUT2D eigenvalue weighted by Gasteiger charge is -2.06. The van der Waals surface area contributed by atoms with Crippen molar-refractivity contribution in [2.75, 3.05) is 6.54 Å². The molecule has 0 aliphatic heterocycles. The van der Waals surface area contributed by atoms with Crippen molar-refractivity contribution in [2.24, 2.45) is 0 Å². The third-order valence-corrected chi connectivity index (χ3v) is 2.70. The standard InChI is InChI=1S/C15H19NO/c1-3-4-7-12-16-15(17)11-10-14-9-6-5-8-13(14)2/h1,5-6,8-9H,4,7,10-12H2,2H3,(H,16,17). The Labute approximate surface area is 103 Å². The van der Waals surface area contributed by atoms with Crippen LogP contribution in [0.1, 0.15) is 30.4 Å². The van der Waals surface area contributed by atoms with E-state index in [9.17, 15) is 4.79 Å². The Morgan fingerprint density at radius 3 is 2.88 bits per heavy atom. The molecule has 0 aliphatic rings. The van der Waals surface area contributed by atoms with Crippen LogP contribution in [0.15, 0.2) is 24.3 Å². The monoisotopic (exact) mass is 229 g/mol. The third kappa shape index (κ3) is 5.21. The van der Waals surface area contributed by atoms with Crippen molar-refractivity contribution >= 4 is 5.91 Å². The van der Waals surface area contributed by atoms with Crippen molar-refractivity contribution in [1.29, 1.82) is 0 Å². The predicted octanol–water partition coefficient (Wildman–Crippen LogP) is 2.46. The Morgan fingerprint density at radius 1 is 1.41 bits per heavy atom. The maximum absolute atomic E-state index is 11.5. The lowest BCUT2D eigenvalue weighted by atomic mass is 10.0. The fraction of sp³-hybridized carbons (Fsp3) is 0.400. The normalized spacial score (nSPS) is 9.65. The van der Waals surface area contributed by atoms with Crippen LogP contribution in [0.4, 0.5) is 0 Å². The van der Waals surface area contributed by atoms with E-state index in [-0.39, 0.29) is 5.91 Å². The molecule has 17 heavy (non-hydrogen) atoms. The van der Waals surface area contributed by atoms with E-state index in [0.717, 1.165) is 19.3 Å². The van der Waals surface area contributed by atoms with Gasteiger partial charge in [0.15, 0.2) is 0 Å². The fourth-order valence-corrected chi connectivity index (χ4v) is 1.65. The van der Waals surface area contributed by atoms with Crippen molar-refractivity contribution in [3.8, 4) is 12.3 Å². The van der Waals surface area contributed by atoms with E-state index in [1.165, 1.54) is 11.1 Å². The number of aryl methyl sites for hydroxylation is 2. The van der Waals surface area contributed by atoms with Crippen molar-refractivity contribution in [3.63, 3.8) is 0 Å². The summed E-state index contributed by atoms with van der Waals surface area (Å²) in [5, 5.41) is 2.87. The molecule has 1 rings (SSSR count). The number of carbonyl (C=O) groups is 1. The average Bonchev–Trinajstić information content (AvgIpc) is 2.34. The molecule has 2 nitrogen and oxygen atoms in total. The Kier molecular flexibility index (Phi) is 5.88. The van der Waals surface area contributed by atoms with E-state index < -0.39 is 0 Å². The minimum Gasteiger partial charge on any atom is -0.356 e. The van der Waals surface area contributed by atoms with E-state index in [1.807, 2.05) is 12.1 Å². The molecule has 90 valence electrons. The topological polar surface area (TPSA) is 29.1 Å². The largest absolute Gasteiger partial charge is 0.356 e. The van der Waals surface area contributed by atoms with Gasteiger partial charge in [0.25, 0.3) is 0 Å². The molecule has 0 saturated carbocycles. The molecule has 2 heteroatoms. The molecule has 1 amide bonds. The predicted molar refractivity (Wildman–Crippen MR) is 70.6 cm³/mol. The Balaban J connectivity index is 2.25. The number of rotatable bonds is 6. The zero-order chi connectivity index (χ0) is 12.5. The van der Waals surface area contributed by atoms with E-state index >= 15 is 0 Å². The minimum atomic E-state index is 0.102. The number of benzene rings is 1. The van der Waals surface area contributed by atoms with Crippen LogP contribution in [0, 0.1) is 19.3 Å². The average molecular weight is 229 g/mol. The van der Waals surface area contributed by atoms with E-state index in [1.54, 1.807) is 0 Å². The number of carbonyl (C=O) groups excluding carboxylic acids is 1. The minimum absolute atomic E-state index is 0.102. The molecule has 0 bridgehead atoms. The number of hydrogen-bond donors (Lipinski definition) is 1. The van der Waals surface area contributed by atoms with Gasteiger partial charge in [0.05, 0.1) is 0 Å². The van der Waals surface area contributed by atoms with Crippen LogP contribution in [0.3, 0.4) is 0 Å². The second kappa shape index (κ2) is 7.51. The van der Waals surface area contributed by atoms with Gasteiger partial charge in [-0.05, 0) is 30.9 Å². The smallest absolute Gasteiger partial charge is 0.220 e. The number of nitrogens with one attached hydrogen (secondary N) is 1. The first kappa shape index (κ1) is 13.3. The van der Waals surface area contributed by atoms with Crippen LogP contribution in [0.5, 0.6) is 0 Å². The number of amides is 1. The van der Waals surface area contributed by atoms with Gasteiger partial charge < -0.3 is 5.32 Å². The highest BCUT2D eigenvalue weighted by Gasteiger charge is 2.02. The summed E-state index contributed by atoms with van der Waals surface area (Å²) in [4.78, 5) is 11.5. The van der Waals surface area contributed by atoms with Crippen LogP contribution in [-0.2, 0) is 11.2 Å². The van der Waals surface area contributed by atoms with Gasteiger partial charge in [-0.2, -0.15) is 0 Å². The Morgan fingerprint density at radius 2 is 2.18 bits per heavy atom. The highest BCUT2D eigenvalue weighted by Crippen LogP contribution is 2.09. The summed E-state index contributed by atoms with van der Waals surface area (Å²) >= 11 is 0. The molecule has 0 aromatic heterocycles. The summed E-state index contributed by atoms with van der Waals surface area (Å²) in [7, 11) is 0. The Bertz CT molecular complexity index is 404. The zero-order valence-corrected chi connectivity index (χ0v) is 10.3. The highest BCUT2D eigenvalue weighted by atomic mass is 16.1. The van der Waals surface area contributed by atoms with Gasteiger partial charge in [0, 0.05) is 19.4 Å². The van der Waals surface area contributed by atoms with E-state index in [0.29, 0.717) is 13.0 Å². The molecule has 0 radical (unpaired) electrons. The summed E-state index contributed by atoms with van der Waals surface area (Å²) in [6.07, 6.45) is 8.05. The highest BCUT2D eigenvalue weighted by molar-refractivity contribution is 5.76. The van der Waals surface area contributed by atoms with Gasteiger partial charge in [-0.15, -0.1) is 12.3 Å². The number of terminal acetylenes is 1. The maximum atomic E-state index is 11.5. The van der Waals surface area contributed by atoms with Gasteiger partial charge in [-0.3, -0.25) is 4.79 Å². The van der Waals surface area contributed by atoms with E-state index in [2.05, 4.69) is 30.3 Å². The van der Waals surface area contributed by atoms with Crippen LogP contribution in [-0.4, -0.2) is 12.5 Å². The molecular weight excluding hydrogens is 210 g/mol. The molecule has 1 aromatic rings. The van der Waals surface area contributed by atoms with Crippen LogP contribution in [0.2, 0.25) is 0 Å². The zero-order valence-electron chi connectivity index (χ0n) is 10.3. The molecule has 0 atom stereocenters. The quantitative estimate of drug-likeness (QED) is 0.589. The summed E-state index contributed by atoms with van der Waals surface area (Å²) < 4.78 is 0. The SMILES string of the molecule is C#CCCCNC(=O)CCc1ccccc1C. The molecule has 0 fully saturated rings. The van der Waals surface area contributed by atoms with Crippen molar-refractivity contribution < 1.29 is 4.79 Å².